The molecular weight excluding hydrogens is 514 g/mol. The van der Waals surface area contributed by atoms with Gasteiger partial charge in [0.05, 0.1) is 11.5 Å². The SMILES string of the molecule is CC(=O)OCOc1c2n(ccc1=O)N(C1c3ccc(F)c(F)c3CSc3c(C)cccc31)CC1(CC1)C2=O. The van der Waals surface area contributed by atoms with Crippen molar-refractivity contribution in [1.82, 2.24) is 4.68 Å². The first-order chi connectivity index (χ1) is 18.2. The van der Waals surface area contributed by atoms with Crippen LogP contribution < -0.4 is 15.2 Å². The van der Waals surface area contributed by atoms with Crippen LogP contribution in [-0.4, -0.2) is 29.8 Å². The number of carbonyl (C=O) groups excluding carboxylic acids is 2. The summed E-state index contributed by atoms with van der Waals surface area (Å²) in [6, 6.07) is 9.32. The van der Waals surface area contributed by atoms with Crippen molar-refractivity contribution in [3.05, 3.63) is 92.4 Å². The van der Waals surface area contributed by atoms with Gasteiger partial charge in [-0.05, 0) is 42.5 Å². The lowest BCUT2D eigenvalue weighted by Gasteiger charge is -2.43. The molecular formula is C28H24F2N2O5S. The molecule has 1 atom stereocenters. The van der Waals surface area contributed by atoms with Crippen LogP contribution in [0.3, 0.4) is 0 Å². The summed E-state index contributed by atoms with van der Waals surface area (Å²) in [5.41, 5.74) is 1.58. The third-order valence-corrected chi connectivity index (χ3v) is 8.79. The molecule has 0 saturated heterocycles. The number of nitrogens with zero attached hydrogens (tertiary/aromatic N) is 2. The zero-order valence-electron chi connectivity index (χ0n) is 20.8. The van der Waals surface area contributed by atoms with Crippen LogP contribution in [0.4, 0.5) is 8.78 Å². The van der Waals surface area contributed by atoms with Crippen molar-refractivity contribution in [2.75, 3.05) is 18.3 Å². The Kier molecular flexibility index (Phi) is 5.82. The van der Waals surface area contributed by atoms with Gasteiger partial charge in [-0.3, -0.25) is 24.1 Å². The number of hydrogen-bond acceptors (Lipinski definition) is 7. The van der Waals surface area contributed by atoms with Crippen LogP contribution in [0.25, 0.3) is 0 Å². The maximum absolute atomic E-state index is 15.2. The number of ether oxygens (including phenoxy) is 2. The number of halogens is 2. The third kappa shape index (κ3) is 3.81. The van der Waals surface area contributed by atoms with Crippen LogP contribution in [-0.2, 0) is 15.3 Å². The van der Waals surface area contributed by atoms with E-state index < -0.39 is 41.3 Å². The number of fused-ring (bicyclic) bond motifs is 3. The van der Waals surface area contributed by atoms with E-state index in [9.17, 15) is 18.8 Å². The number of aromatic nitrogens is 1. The van der Waals surface area contributed by atoms with Crippen LogP contribution in [0.15, 0.2) is 52.3 Å². The molecule has 7 nitrogen and oxygen atoms in total. The van der Waals surface area contributed by atoms with Crippen LogP contribution in [0.5, 0.6) is 5.75 Å². The van der Waals surface area contributed by atoms with Gasteiger partial charge in [-0.25, -0.2) is 8.78 Å². The van der Waals surface area contributed by atoms with Gasteiger partial charge in [-0.2, -0.15) is 0 Å². The summed E-state index contributed by atoms with van der Waals surface area (Å²) in [6.07, 6.45) is 2.76. The molecule has 2 aliphatic heterocycles. The second-order valence-electron chi connectivity index (χ2n) is 9.92. The lowest BCUT2D eigenvalue weighted by atomic mass is 9.89. The van der Waals surface area contributed by atoms with Gasteiger partial charge in [0.1, 0.15) is 0 Å². The summed E-state index contributed by atoms with van der Waals surface area (Å²) in [4.78, 5) is 38.8. The number of benzene rings is 2. The van der Waals surface area contributed by atoms with Gasteiger partial charge in [0.25, 0.3) is 0 Å². The Bertz CT molecular complexity index is 1570. The Morgan fingerprint density at radius 3 is 2.66 bits per heavy atom. The minimum atomic E-state index is -0.913. The van der Waals surface area contributed by atoms with Gasteiger partial charge in [0.15, 0.2) is 28.9 Å². The first-order valence-electron chi connectivity index (χ1n) is 12.2. The lowest BCUT2D eigenvalue weighted by molar-refractivity contribution is -0.147. The molecule has 6 rings (SSSR count). The number of thioether (sulfide) groups is 1. The normalized spacial score (nSPS) is 18.8. The van der Waals surface area contributed by atoms with E-state index in [4.69, 9.17) is 9.47 Å². The average molecular weight is 539 g/mol. The van der Waals surface area contributed by atoms with Gasteiger partial charge < -0.3 is 9.47 Å². The fourth-order valence-corrected chi connectivity index (χ4v) is 6.66. The number of ketones is 1. The van der Waals surface area contributed by atoms with Crippen LogP contribution in [0, 0.1) is 24.0 Å². The molecule has 38 heavy (non-hydrogen) atoms. The number of aryl methyl sites for hydroxylation is 1. The topological polar surface area (TPSA) is 77.8 Å². The van der Waals surface area contributed by atoms with Gasteiger partial charge in [-0.1, -0.05) is 24.3 Å². The molecule has 0 bridgehead atoms. The average Bonchev–Trinajstić information content (AvgIpc) is 3.68. The largest absolute Gasteiger partial charge is 0.451 e. The molecule has 3 aromatic rings. The van der Waals surface area contributed by atoms with E-state index in [1.165, 1.54) is 30.9 Å². The van der Waals surface area contributed by atoms with Crippen molar-refractivity contribution in [2.45, 2.75) is 43.4 Å². The first kappa shape index (κ1) is 24.7. The quantitative estimate of drug-likeness (QED) is 0.354. The molecule has 3 heterocycles. The summed E-state index contributed by atoms with van der Waals surface area (Å²) in [5, 5.41) is 1.95. The minimum Gasteiger partial charge on any atom is -0.451 e. The van der Waals surface area contributed by atoms with E-state index in [1.807, 2.05) is 30.1 Å². The first-order valence-corrected chi connectivity index (χ1v) is 13.2. The molecule has 1 unspecified atom stereocenters. The molecule has 1 spiro atoms. The highest BCUT2D eigenvalue weighted by atomic mass is 32.2. The zero-order chi connectivity index (χ0) is 26.8. The van der Waals surface area contributed by atoms with Crippen molar-refractivity contribution in [2.24, 2.45) is 5.41 Å². The summed E-state index contributed by atoms with van der Waals surface area (Å²) >= 11 is 1.45. The predicted molar refractivity (Wildman–Crippen MR) is 136 cm³/mol. The van der Waals surface area contributed by atoms with Gasteiger partial charge in [0, 0.05) is 41.9 Å². The molecule has 2 aromatic carbocycles. The molecule has 0 radical (unpaired) electrons. The number of hydrogen-bond donors (Lipinski definition) is 0. The molecule has 3 aliphatic rings. The Hall–Kier alpha value is -3.66. The van der Waals surface area contributed by atoms with E-state index in [0.717, 1.165) is 22.1 Å². The predicted octanol–water partition coefficient (Wildman–Crippen LogP) is 4.64. The van der Waals surface area contributed by atoms with E-state index in [0.29, 0.717) is 24.9 Å². The van der Waals surface area contributed by atoms with Crippen molar-refractivity contribution in [3.63, 3.8) is 0 Å². The Morgan fingerprint density at radius 1 is 1.13 bits per heavy atom. The maximum Gasteiger partial charge on any atom is 0.305 e. The van der Waals surface area contributed by atoms with Gasteiger partial charge in [0.2, 0.25) is 12.2 Å². The highest BCUT2D eigenvalue weighted by Crippen LogP contribution is 2.54. The molecule has 0 amide bonds. The number of carbonyl (C=O) groups is 2. The molecule has 1 saturated carbocycles. The van der Waals surface area contributed by atoms with E-state index in [2.05, 4.69) is 0 Å². The van der Waals surface area contributed by atoms with Crippen molar-refractivity contribution >= 4 is 23.5 Å². The minimum absolute atomic E-state index is 0.0589. The second kappa shape index (κ2) is 8.97. The molecule has 196 valence electrons. The number of rotatable bonds is 4. The molecule has 1 aromatic heterocycles. The number of esters is 1. The molecule has 0 N–H and O–H groups in total. The van der Waals surface area contributed by atoms with Crippen LogP contribution in [0.1, 0.15) is 58.5 Å². The van der Waals surface area contributed by atoms with Crippen molar-refractivity contribution < 1.29 is 27.8 Å². The Morgan fingerprint density at radius 2 is 1.92 bits per heavy atom. The standard InChI is InChI=1S/C28H24F2N2O5S/c1-15-4-3-5-18-23(17-6-7-20(29)22(30)19(17)12-38-26(15)18)32-13-28(9-10-28)27(35)24-25(37-14-36-16(2)33)21(34)8-11-31(24)32/h3-8,11,23H,9-10,12-14H2,1-2H3. The summed E-state index contributed by atoms with van der Waals surface area (Å²) in [7, 11) is 0. The van der Waals surface area contributed by atoms with E-state index >= 15 is 4.39 Å². The Labute approximate surface area is 221 Å². The van der Waals surface area contributed by atoms with Gasteiger partial charge >= 0.3 is 5.97 Å². The number of Topliss-reactive ketones (excluding diaryl/α,β-unsaturated/α-hetero) is 1. The Balaban J connectivity index is 1.58. The van der Waals surface area contributed by atoms with Crippen molar-refractivity contribution in [3.8, 4) is 5.75 Å². The fraction of sp³-hybridized carbons (Fsp3) is 0.321. The highest BCUT2D eigenvalue weighted by Gasteiger charge is 2.57. The molecule has 10 heteroatoms. The summed E-state index contributed by atoms with van der Waals surface area (Å²) in [5.74, 6) is -2.56. The van der Waals surface area contributed by atoms with Crippen LogP contribution >= 0.6 is 11.8 Å². The van der Waals surface area contributed by atoms with Gasteiger partial charge in [-0.15, -0.1) is 11.8 Å². The molecule has 1 fully saturated rings. The molecule has 1 aliphatic carbocycles. The maximum atomic E-state index is 15.2. The smallest absolute Gasteiger partial charge is 0.305 e. The third-order valence-electron chi connectivity index (χ3n) is 7.51. The monoisotopic (exact) mass is 538 g/mol. The van der Waals surface area contributed by atoms with Crippen molar-refractivity contribution in [1.29, 1.82) is 0 Å². The second-order valence-corrected chi connectivity index (χ2v) is 10.9. The summed E-state index contributed by atoms with van der Waals surface area (Å²) in [6.45, 7) is 3.00. The van der Waals surface area contributed by atoms with E-state index in [-0.39, 0.29) is 28.5 Å². The van der Waals surface area contributed by atoms with Crippen LogP contribution in [0.2, 0.25) is 0 Å². The fourth-order valence-electron chi connectivity index (χ4n) is 5.43. The van der Waals surface area contributed by atoms with E-state index in [1.54, 1.807) is 10.7 Å². The lowest BCUT2D eigenvalue weighted by Crippen LogP contribution is -2.52. The zero-order valence-corrected chi connectivity index (χ0v) is 21.6. The number of pyridine rings is 1. The summed E-state index contributed by atoms with van der Waals surface area (Å²) < 4.78 is 41.6. The highest BCUT2D eigenvalue weighted by molar-refractivity contribution is 7.98.